The third-order valence-electron chi connectivity index (χ3n) is 3.70. The molecule has 0 unspecified atom stereocenters. The van der Waals surface area contributed by atoms with E-state index < -0.39 is 0 Å². The second-order valence-corrected chi connectivity index (χ2v) is 5.05. The van der Waals surface area contributed by atoms with E-state index in [4.69, 9.17) is 10.5 Å². The molecule has 1 aliphatic heterocycles. The highest BCUT2D eigenvalue weighted by molar-refractivity contribution is 5.97. The normalized spacial score (nSPS) is 14.7. The lowest BCUT2D eigenvalue weighted by molar-refractivity contribution is 0.415. The molecule has 3 rings (SSSR count). The number of hydrogen-bond donors (Lipinski definition) is 1. The number of nitrogens with two attached hydrogens (primary N) is 1. The molecule has 0 atom stereocenters. The summed E-state index contributed by atoms with van der Waals surface area (Å²) in [5.74, 6) is 1.35. The summed E-state index contributed by atoms with van der Waals surface area (Å²) in [6.45, 7) is 0.905. The summed E-state index contributed by atoms with van der Waals surface area (Å²) < 4.78 is 5.15. The van der Waals surface area contributed by atoms with Gasteiger partial charge in [-0.05, 0) is 48.7 Å². The van der Waals surface area contributed by atoms with Gasteiger partial charge in [0.1, 0.15) is 5.75 Å². The minimum atomic E-state index is 0.535. The van der Waals surface area contributed by atoms with E-state index in [2.05, 4.69) is 28.1 Å². The summed E-state index contributed by atoms with van der Waals surface area (Å²) in [5, 5.41) is 0. The minimum Gasteiger partial charge on any atom is -0.497 e. The molecule has 0 saturated carbocycles. The van der Waals surface area contributed by atoms with Crippen molar-refractivity contribution < 1.29 is 4.74 Å². The number of aryl methyl sites for hydroxylation is 1. The van der Waals surface area contributed by atoms with Crippen molar-refractivity contribution in [2.45, 2.75) is 12.8 Å². The largest absolute Gasteiger partial charge is 0.497 e. The topological polar surface area (TPSA) is 50.9 Å². The number of ether oxygens (including phenoxy) is 1. The molecule has 0 spiro atoms. The SMILES string of the molecule is COc1ccc(N=C(N)N2CCCc3ccccc32)cc1. The highest BCUT2D eigenvalue weighted by Crippen LogP contribution is 2.27. The number of aliphatic imine (C=N–C) groups is 1. The van der Waals surface area contributed by atoms with Crippen LogP contribution in [0.15, 0.2) is 53.5 Å². The molecular formula is C17H19N3O. The van der Waals surface area contributed by atoms with Gasteiger partial charge in [-0.15, -0.1) is 0 Å². The van der Waals surface area contributed by atoms with Gasteiger partial charge in [0.15, 0.2) is 0 Å². The van der Waals surface area contributed by atoms with Gasteiger partial charge in [0.2, 0.25) is 5.96 Å². The van der Waals surface area contributed by atoms with Crippen LogP contribution in [0.25, 0.3) is 0 Å². The van der Waals surface area contributed by atoms with Crippen LogP contribution in [0.1, 0.15) is 12.0 Å². The van der Waals surface area contributed by atoms with Crippen LogP contribution in [-0.2, 0) is 6.42 Å². The summed E-state index contributed by atoms with van der Waals surface area (Å²) in [6.07, 6.45) is 2.19. The van der Waals surface area contributed by atoms with Crippen LogP contribution in [-0.4, -0.2) is 19.6 Å². The molecule has 0 aromatic heterocycles. The van der Waals surface area contributed by atoms with Crippen molar-refractivity contribution in [3.63, 3.8) is 0 Å². The second kappa shape index (κ2) is 5.87. The predicted octanol–water partition coefficient (Wildman–Crippen LogP) is 3.09. The van der Waals surface area contributed by atoms with Gasteiger partial charge < -0.3 is 15.4 Å². The zero-order valence-electron chi connectivity index (χ0n) is 12.1. The zero-order chi connectivity index (χ0) is 14.7. The van der Waals surface area contributed by atoms with Crippen LogP contribution < -0.4 is 15.4 Å². The average Bonchev–Trinajstić information content (AvgIpc) is 2.55. The minimum absolute atomic E-state index is 0.535. The zero-order valence-corrected chi connectivity index (χ0v) is 12.1. The van der Waals surface area contributed by atoms with E-state index in [1.54, 1.807) is 7.11 Å². The summed E-state index contributed by atoms with van der Waals surface area (Å²) in [4.78, 5) is 6.61. The third-order valence-corrected chi connectivity index (χ3v) is 3.70. The first-order valence-electron chi connectivity index (χ1n) is 7.11. The van der Waals surface area contributed by atoms with Gasteiger partial charge in [-0.1, -0.05) is 18.2 Å². The Balaban J connectivity index is 1.88. The number of guanidine groups is 1. The number of anilines is 1. The molecule has 0 saturated heterocycles. The Kier molecular flexibility index (Phi) is 3.77. The molecule has 0 radical (unpaired) electrons. The van der Waals surface area contributed by atoms with Crippen molar-refractivity contribution in [1.29, 1.82) is 0 Å². The standard InChI is InChI=1S/C17H19N3O/c1-21-15-10-8-14(9-11-15)19-17(18)20-12-4-6-13-5-2-3-7-16(13)20/h2-3,5,7-11H,4,6,12H2,1H3,(H2,18,19). The number of hydrogen-bond acceptors (Lipinski definition) is 2. The fourth-order valence-electron chi connectivity index (χ4n) is 2.62. The lowest BCUT2D eigenvalue weighted by atomic mass is 10.0. The summed E-state index contributed by atoms with van der Waals surface area (Å²) in [6, 6.07) is 15.9. The number of rotatable bonds is 2. The van der Waals surface area contributed by atoms with Crippen LogP contribution >= 0.6 is 0 Å². The van der Waals surface area contributed by atoms with Gasteiger partial charge in [-0.3, -0.25) is 0 Å². The summed E-state index contributed by atoms with van der Waals surface area (Å²) >= 11 is 0. The molecule has 0 bridgehead atoms. The molecule has 0 amide bonds. The Morgan fingerprint density at radius 2 is 1.90 bits per heavy atom. The Morgan fingerprint density at radius 1 is 1.14 bits per heavy atom. The Bertz CT molecular complexity index is 649. The first-order valence-corrected chi connectivity index (χ1v) is 7.11. The van der Waals surface area contributed by atoms with Gasteiger partial charge >= 0.3 is 0 Å². The van der Waals surface area contributed by atoms with E-state index >= 15 is 0 Å². The van der Waals surface area contributed by atoms with E-state index in [0.717, 1.165) is 30.8 Å². The monoisotopic (exact) mass is 281 g/mol. The van der Waals surface area contributed by atoms with Crippen LogP contribution in [0, 0.1) is 0 Å². The Hall–Kier alpha value is -2.49. The van der Waals surface area contributed by atoms with Gasteiger partial charge in [0.05, 0.1) is 12.8 Å². The van der Waals surface area contributed by atoms with Crippen molar-refractivity contribution in [3.8, 4) is 5.75 Å². The number of para-hydroxylation sites is 1. The maximum atomic E-state index is 6.21. The molecule has 1 heterocycles. The van der Waals surface area contributed by atoms with E-state index in [9.17, 15) is 0 Å². The van der Waals surface area contributed by atoms with Crippen molar-refractivity contribution in [2.24, 2.45) is 10.7 Å². The van der Waals surface area contributed by atoms with E-state index in [1.165, 1.54) is 11.3 Å². The molecule has 1 aliphatic rings. The Morgan fingerprint density at radius 3 is 2.67 bits per heavy atom. The Labute approximate surface area is 124 Å². The van der Waals surface area contributed by atoms with Gasteiger partial charge in [-0.25, -0.2) is 4.99 Å². The number of fused-ring (bicyclic) bond motifs is 1. The fraction of sp³-hybridized carbons (Fsp3) is 0.235. The maximum Gasteiger partial charge on any atom is 0.201 e. The lowest BCUT2D eigenvalue weighted by Crippen LogP contribution is -2.40. The first-order chi connectivity index (χ1) is 10.3. The number of benzene rings is 2. The third kappa shape index (κ3) is 2.84. The predicted molar refractivity (Wildman–Crippen MR) is 86.4 cm³/mol. The molecular weight excluding hydrogens is 262 g/mol. The lowest BCUT2D eigenvalue weighted by Gasteiger charge is -2.30. The van der Waals surface area contributed by atoms with Crippen molar-refractivity contribution >= 4 is 17.3 Å². The summed E-state index contributed by atoms with van der Waals surface area (Å²) in [7, 11) is 1.65. The quantitative estimate of drug-likeness (QED) is 0.680. The van der Waals surface area contributed by atoms with E-state index in [0.29, 0.717) is 5.96 Å². The molecule has 21 heavy (non-hydrogen) atoms. The van der Waals surface area contributed by atoms with Crippen LogP contribution in [0.2, 0.25) is 0 Å². The molecule has 108 valence electrons. The molecule has 4 nitrogen and oxygen atoms in total. The van der Waals surface area contributed by atoms with Crippen LogP contribution in [0.3, 0.4) is 0 Å². The molecule has 2 N–H and O–H groups in total. The maximum absolute atomic E-state index is 6.21. The molecule has 0 fully saturated rings. The van der Waals surface area contributed by atoms with Crippen LogP contribution in [0.4, 0.5) is 11.4 Å². The van der Waals surface area contributed by atoms with Crippen molar-refractivity contribution in [2.75, 3.05) is 18.6 Å². The smallest absolute Gasteiger partial charge is 0.201 e. The first kappa shape index (κ1) is 13.5. The highest BCUT2D eigenvalue weighted by Gasteiger charge is 2.18. The molecule has 4 heteroatoms. The molecule has 2 aromatic carbocycles. The van der Waals surface area contributed by atoms with Crippen LogP contribution in [0.5, 0.6) is 5.75 Å². The fourth-order valence-corrected chi connectivity index (χ4v) is 2.62. The number of methoxy groups -OCH3 is 1. The number of nitrogens with zero attached hydrogens (tertiary/aromatic N) is 2. The van der Waals surface area contributed by atoms with Crippen molar-refractivity contribution in [3.05, 3.63) is 54.1 Å². The highest BCUT2D eigenvalue weighted by atomic mass is 16.5. The van der Waals surface area contributed by atoms with Gasteiger partial charge in [0.25, 0.3) is 0 Å². The van der Waals surface area contributed by atoms with Gasteiger partial charge in [0, 0.05) is 12.2 Å². The average molecular weight is 281 g/mol. The van der Waals surface area contributed by atoms with E-state index in [1.807, 2.05) is 30.3 Å². The van der Waals surface area contributed by atoms with Crippen molar-refractivity contribution in [1.82, 2.24) is 0 Å². The molecule has 0 aliphatic carbocycles. The van der Waals surface area contributed by atoms with Gasteiger partial charge in [-0.2, -0.15) is 0 Å². The summed E-state index contributed by atoms with van der Waals surface area (Å²) in [5.41, 5.74) is 9.54. The molecule has 2 aromatic rings. The van der Waals surface area contributed by atoms with E-state index in [-0.39, 0.29) is 0 Å². The second-order valence-electron chi connectivity index (χ2n) is 5.05.